The zero-order valence-corrected chi connectivity index (χ0v) is 17.8. The molecule has 3 aromatic carbocycles. The zero-order chi connectivity index (χ0) is 23.0. The molecule has 0 saturated heterocycles. The van der Waals surface area contributed by atoms with Gasteiger partial charge in [-0.15, -0.1) is 0 Å². The zero-order valence-electron chi connectivity index (χ0n) is 15.3. The van der Waals surface area contributed by atoms with Gasteiger partial charge in [0, 0.05) is 0 Å². The quantitative estimate of drug-likeness (QED) is 0.305. The van der Waals surface area contributed by atoms with Gasteiger partial charge in [0.1, 0.15) is 0 Å². The summed E-state index contributed by atoms with van der Waals surface area (Å²) in [4.78, 5) is 0. The monoisotopic (exact) mass is 556 g/mol. The van der Waals surface area contributed by atoms with E-state index in [1.807, 2.05) is 0 Å². The second kappa shape index (κ2) is 8.41. The molecule has 0 fully saturated rings. The molecule has 31 heavy (non-hydrogen) atoms. The Balaban J connectivity index is 2.44. The predicted molar refractivity (Wildman–Crippen MR) is 99.0 cm³/mol. The summed E-state index contributed by atoms with van der Waals surface area (Å²) in [5.74, 6) is 0. The summed E-state index contributed by atoms with van der Waals surface area (Å²) >= 11 is -4.50. The maximum absolute atomic E-state index is 13.7. The molecule has 0 amide bonds. The Labute approximate surface area is 178 Å². The molecule has 0 aliphatic heterocycles. The number of alkyl halides is 9. The molecule has 0 heterocycles. The summed E-state index contributed by atoms with van der Waals surface area (Å²) in [5, 5.41) is 0. The second-order valence-electron chi connectivity index (χ2n) is 6.38. The number of halogens is 9. The topological polar surface area (TPSA) is 0 Å². The Morgan fingerprint density at radius 1 is 0.387 bits per heavy atom. The van der Waals surface area contributed by atoms with Gasteiger partial charge in [-0.2, -0.15) is 0 Å². The van der Waals surface area contributed by atoms with Crippen molar-refractivity contribution in [2.24, 2.45) is 0 Å². The molecule has 0 aliphatic rings. The first-order valence-corrected chi connectivity index (χ1v) is 12.4. The van der Waals surface area contributed by atoms with Crippen molar-refractivity contribution in [1.82, 2.24) is 0 Å². The van der Waals surface area contributed by atoms with E-state index in [9.17, 15) is 39.5 Å². The molecule has 0 bridgehead atoms. The van der Waals surface area contributed by atoms with Gasteiger partial charge >= 0.3 is 178 Å². The van der Waals surface area contributed by atoms with E-state index in [0.29, 0.717) is 18.2 Å². The Morgan fingerprint density at radius 3 is 0.839 bits per heavy atom. The first-order valence-electron chi connectivity index (χ1n) is 8.60. The van der Waals surface area contributed by atoms with Crippen molar-refractivity contribution in [3.63, 3.8) is 0 Å². The predicted octanol–water partition coefficient (Wildman–Crippen LogP) is 5.26. The fourth-order valence-corrected chi connectivity index (χ4v) is 11.1. The Bertz CT molecular complexity index is 928. The average Bonchev–Trinajstić information content (AvgIpc) is 2.67. The summed E-state index contributed by atoms with van der Waals surface area (Å²) in [6.07, 6.45) is -14.8. The molecule has 0 saturated carbocycles. The van der Waals surface area contributed by atoms with Crippen LogP contribution in [0.5, 0.6) is 0 Å². The molecule has 0 spiro atoms. The van der Waals surface area contributed by atoms with Gasteiger partial charge in [-0.05, 0) is 0 Å². The van der Waals surface area contributed by atoms with Crippen LogP contribution in [-0.2, 0) is 18.5 Å². The summed E-state index contributed by atoms with van der Waals surface area (Å²) < 4.78 is 122. The van der Waals surface area contributed by atoms with Crippen LogP contribution in [0.15, 0.2) is 72.8 Å². The van der Waals surface area contributed by atoms with Crippen LogP contribution >= 0.6 is 0 Å². The molecule has 3 aromatic rings. The molecule has 0 aliphatic carbocycles. The fourth-order valence-electron chi connectivity index (χ4n) is 3.11. The van der Waals surface area contributed by atoms with Crippen LogP contribution in [-0.4, -0.2) is 20.2 Å². The minimum atomic E-state index is -4.95. The van der Waals surface area contributed by atoms with Gasteiger partial charge in [-0.1, -0.05) is 0 Å². The van der Waals surface area contributed by atoms with Crippen molar-refractivity contribution in [2.75, 3.05) is 0 Å². The summed E-state index contributed by atoms with van der Waals surface area (Å²) in [6, 6.07) is 11.7. The van der Waals surface area contributed by atoms with Crippen LogP contribution in [0, 0.1) is 0 Å². The molecule has 0 nitrogen and oxygen atoms in total. The molecule has 3 rings (SSSR count). The van der Waals surface area contributed by atoms with Crippen molar-refractivity contribution in [3.8, 4) is 0 Å². The van der Waals surface area contributed by atoms with Gasteiger partial charge in [0.25, 0.3) is 0 Å². The van der Waals surface area contributed by atoms with E-state index in [1.54, 1.807) is 0 Å². The van der Waals surface area contributed by atoms with E-state index in [-0.39, 0.29) is 0 Å². The Morgan fingerprint density at radius 2 is 0.613 bits per heavy atom. The van der Waals surface area contributed by atoms with Crippen molar-refractivity contribution in [3.05, 3.63) is 89.5 Å². The van der Waals surface area contributed by atoms with Crippen LogP contribution in [0.25, 0.3) is 0 Å². The third kappa shape index (κ3) is 5.03. The van der Waals surface area contributed by atoms with Gasteiger partial charge in [0.2, 0.25) is 0 Å². The normalized spacial score (nSPS) is 13.0. The van der Waals surface area contributed by atoms with Gasteiger partial charge < -0.3 is 0 Å². The summed E-state index contributed by atoms with van der Waals surface area (Å²) in [6.45, 7) is 0. The van der Waals surface area contributed by atoms with E-state index < -0.39 is 66.0 Å². The average molecular weight is 557 g/mol. The van der Waals surface area contributed by atoms with Crippen LogP contribution in [0.2, 0.25) is 0 Å². The number of hydrogen-bond acceptors (Lipinski definition) is 0. The minimum absolute atomic E-state index is 0.522. The molecule has 0 radical (unpaired) electrons. The van der Waals surface area contributed by atoms with E-state index in [2.05, 4.69) is 0 Å². The molecule has 0 atom stereocenters. The second-order valence-corrected chi connectivity index (χ2v) is 12.4. The van der Waals surface area contributed by atoms with Gasteiger partial charge in [-0.3, -0.25) is 0 Å². The van der Waals surface area contributed by atoms with E-state index in [1.165, 1.54) is 18.2 Å². The van der Waals surface area contributed by atoms with Gasteiger partial charge in [-0.25, -0.2) is 0 Å². The molecular formula is C21H12F9Sb. The number of benzene rings is 3. The Kier molecular flexibility index (Phi) is 6.38. The van der Waals surface area contributed by atoms with Crippen molar-refractivity contribution in [2.45, 2.75) is 18.5 Å². The summed E-state index contributed by atoms with van der Waals surface area (Å²) in [7, 11) is 0. The molecule has 0 unspecified atom stereocenters. The number of hydrogen-bond donors (Lipinski definition) is 0. The van der Waals surface area contributed by atoms with Crippen LogP contribution in [0.4, 0.5) is 39.5 Å². The third-order valence-corrected chi connectivity index (χ3v) is 11.8. The molecule has 0 N–H and O–H groups in total. The van der Waals surface area contributed by atoms with Crippen LogP contribution in [0.1, 0.15) is 16.7 Å². The van der Waals surface area contributed by atoms with E-state index in [0.717, 1.165) is 36.4 Å². The van der Waals surface area contributed by atoms with Crippen molar-refractivity contribution in [1.29, 1.82) is 0 Å². The third-order valence-electron chi connectivity index (χ3n) is 4.35. The summed E-state index contributed by atoms with van der Waals surface area (Å²) in [5.41, 5.74) is -3.69. The van der Waals surface area contributed by atoms with E-state index in [4.69, 9.17) is 0 Å². The molecule has 0 aromatic heterocycles. The van der Waals surface area contributed by atoms with Crippen molar-refractivity contribution >= 4 is 30.7 Å². The number of rotatable bonds is 3. The standard InChI is InChI=1S/3C7H4F3.Sb/c3*8-7(9,10)6-4-2-1-3-5-6;/h3*1-4H;. The molecule has 10 heteroatoms. The van der Waals surface area contributed by atoms with Crippen molar-refractivity contribution < 1.29 is 39.5 Å². The maximum atomic E-state index is 13.7. The van der Waals surface area contributed by atoms with E-state index >= 15 is 0 Å². The molecule has 164 valence electrons. The fraction of sp³-hybridized carbons (Fsp3) is 0.143. The Hall–Kier alpha value is -2.15. The molecular weight excluding hydrogens is 545 g/mol. The van der Waals surface area contributed by atoms with Crippen LogP contribution in [0.3, 0.4) is 0 Å². The van der Waals surface area contributed by atoms with Crippen LogP contribution < -0.4 is 10.5 Å². The first-order chi connectivity index (χ1) is 14.3. The van der Waals surface area contributed by atoms with Gasteiger partial charge in [0.05, 0.1) is 0 Å². The first kappa shape index (κ1) is 23.5. The SMILES string of the molecule is FC(F)(F)c1cccc[c]1[Sb]([c]1ccccc1C(F)(F)F)[c]1ccccc1C(F)(F)F. The van der Waals surface area contributed by atoms with Gasteiger partial charge in [0.15, 0.2) is 0 Å².